The Bertz CT molecular complexity index is 794. The van der Waals surface area contributed by atoms with E-state index in [1.807, 2.05) is 0 Å². The van der Waals surface area contributed by atoms with Crippen LogP contribution in [0.3, 0.4) is 0 Å². The molecule has 24 heavy (non-hydrogen) atoms. The Hall–Kier alpha value is -2.54. The first-order valence-electron chi connectivity index (χ1n) is 7.08. The number of hydrogen-bond donors (Lipinski definition) is 1. The average molecular weight is 349 g/mol. The molecule has 0 aliphatic rings. The highest BCUT2D eigenvalue weighted by Gasteiger charge is 2.21. The molecule has 0 aliphatic heterocycles. The first kappa shape index (κ1) is 17.8. The van der Waals surface area contributed by atoms with Crippen LogP contribution in [0.4, 0.5) is 10.1 Å². The van der Waals surface area contributed by atoms with Crippen molar-refractivity contribution in [3.63, 3.8) is 0 Å². The van der Waals surface area contributed by atoms with Gasteiger partial charge in [-0.25, -0.2) is 9.18 Å². The van der Waals surface area contributed by atoms with Gasteiger partial charge in [0.15, 0.2) is 6.10 Å². The molecule has 2 aromatic carbocycles. The van der Waals surface area contributed by atoms with E-state index in [-0.39, 0.29) is 11.3 Å². The lowest BCUT2D eigenvalue weighted by Crippen LogP contribution is -2.30. The van der Waals surface area contributed by atoms with Crippen LogP contribution in [-0.4, -0.2) is 28.4 Å². The number of anilines is 1. The zero-order valence-electron chi connectivity index (χ0n) is 13.1. The minimum Gasteiger partial charge on any atom is -0.449 e. The zero-order chi connectivity index (χ0) is 17.7. The fourth-order valence-electron chi connectivity index (χ4n) is 1.97. The quantitative estimate of drug-likeness (QED) is 0.843. The van der Waals surface area contributed by atoms with E-state index in [9.17, 15) is 18.2 Å². The maximum absolute atomic E-state index is 13.1. The van der Waals surface area contributed by atoms with E-state index in [1.54, 1.807) is 18.2 Å². The standard InChI is InChI=1S/C17H16FNO4S/c1-11(16(20)19-13-7-5-6-12(18)10-13)23-17(21)14-8-3-4-9-15(14)24(2)22/h3-11H,1-2H3,(H,19,20)/t11-,24-/m1/s1. The minimum absolute atomic E-state index is 0.142. The Morgan fingerprint density at radius 3 is 2.54 bits per heavy atom. The summed E-state index contributed by atoms with van der Waals surface area (Å²) in [6, 6.07) is 11.7. The number of nitrogens with one attached hydrogen (secondary N) is 1. The Balaban J connectivity index is 2.06. The van der Waals surface area contributed by atoms with Crippen LogP contribution in [0.25, 0.3) is 0 Å². The molecular formula is C17H16FNO4S. The molecule has 126 valence electrons. The lowest BCUT2D eigenvalue weighted by atomic mass is 10.2. The molecule has 1 N–H and O–H groups in total. The molecule has 2 rings (SSSR count). The molecule has 0 aromatic heterocycles. The minimum atomic E-state index is -1.36. The zero-order valence-corrected chi connectivity index (χ0v) is 13.9. The van der Waals surface area contributed by atoms with Crippen LogP contribution < -0.4 is 5.32 Å². The predicted octanol–water partition coefficient (Wildman–Crippen LogP) is 2.75. The summed E-state index contributed by atoms with van der Waals surface area (Å²) in [5.41, 5.74) is 0.404. The van der Waals surface area contributed by atoms with Crippen molar-refractivity contribution in [3.05, 3.63) is 59.9 Å². The Kier molecular flexibility index (Phi) is 5.81. The SMILES string of the molecule is C[C@@H](OC(=O)c1ccccc1[S@@](C)=O)C(=O)Nc1cccc(F)c1. The second-order valence-electron chi connectivity index (χ2n) is 5.00. The number of esters is 1. The summed E-state index contributed by atoms with van der Waals surface area (Å²) in [6.07, 6.45) is 0.353. The van der Waals surface area contributed by atoms with E-state index in [4.69, 9.17) is 4.74 Å². The number of ether oxygens (including phenoxy) is 1. The van der Waals surface area contributed by atoms with Gasteiger partial charge in [0.1, 0.15) is 5.82 Å². The Morgan fingerprint density at radius 2 is 1.88 bits per heavy atom. The number of rotatable bonds is 5. The van der Waals surface area contributed by atoms with Crippen molar-refractivity contribution < 1.29 is 22.9 Å². The topological polar surface area (TPSA) is 72.5 Å². The summed E-state index contributed by atoms with van der Waals surface area (Å²) >= 11 is 0. The van der Waals surface area contributed by atoms with E-state index in [2.05, 4.69) is 5.32 Å². The third kappa shape index (κ3) is 4.48. The summed E-state index contributed by atoms with van der Waals surface area (Å²) in [5, 5.41) is 2.46. The first-order chi connectivity index (χ1) is 11.4. The fraction of sp³-hybridized carbons (Fsp3) is 0.176. The van der Waals surface area contributed by atoms with Crippen LogP contribution in [0.5, 0.6) is 0 Å². The third-order valence-electron chi connectivity index (χ3n) is 3.16. The van der Waals surface area contributed by atoms with Crippen molar-refractivity contribution in [2.45, 2.75) is 17.9 Å². The molecule has 0 unspecified atom stereocenters. The van der Waals surface area contributed by atoms with Crippen LogP contribution in [0.2, 0.25) is 0 Å². The molecule has 1 amide bonds. The second kappa shape index (κ2) is 7.83. The van der Waals surface area contributed by atoms with Crippen LogP contribution >= 0.6 is 0 Å². The van der Waals surface area contributed by atoms with Crippen molar-refractivity contribution >= 4 is 28.4 Å². The number of carbonyl (C=O) groups excluding carboxylic acids is 2. The van der Waals surface area contributed by atoms with Crippen LogP contribution in [-0.2, 0) is 20.3 Å². The molecule has 0 aliphatic carbocycles. The van der Waals surface area contributed by atoms with Gasteiger partial charge in [0, 0.05) is 11.9 Å². The van der Waals surface area contributed by atoms with Gasteiger partial charge in [-0.15, -0.1) is 0 Å². The van der Waals surface area contributed by atoms with Crippen molar-refractivity contribution in [1.82, 2.24) is 0 Å². The van der Waals surface area contributed by atoms with E-state index < -0.39 is 34.6 Å². The molecule has 0 bridgehead atoms. The number of hydrogen-bond acceptors (Lipinski definition) is 4. The van der Waals surface area contributed by atoms with Gasteiger partial charge in [-0.05, 0) is 37.3 Å². The highest BCUT2D eigenvalue weighted by atomic mass is 32.2. The summed E-state index contributed by atoms with van der Waals surface area (Å²) < 4.78 is 29.9. The molecule has 2 atom stereocenters. The van der Waals surface area contributed by atoms with Gasteiger partial charge in [-0.3, -0.25) is 9.00 Å². The fourth-order valence-corrected chi connectivity index (χ4v) is 2.70. The highest BCUT2D eigenvalue weighted by molar-refractivity contribution is 7.84. The Morgan fingerprint density at radius 1 is 1.17 bits per heavy atom. The molecule has 7 heteroatoms. The average Bonchev–Trinajstić information content (AvgIpc) is 2.54. The molecule has 0 radical (unpaired) electrons. The predicted molar refractivity (Wildman–Crippen MR) is 88.7 cm³/mol. The summed E-state index contributed by atoms with van der Waals surface area (Å²) in [4.78, 5) is 24.6. The number of carbonyl (C=O) groups is 2. The van der Waals surface area contributed by atoms with Gasteiger partial charge in [0.05, 0.1) is 21.3 Å². The molecular weight excluding hydrogens is 333 g/mol. The normalized spacial score (nSPS) is 13.0. The van der Waals surface area contributed by atoms with Gasteiger partial charge >= 0.3 is 5.97 Å². The van der Waals surface area contributed by atoms with Gasteiger partial charge in [-0.1, -0.05) is 18.2 Å². The van der Waals surface area contributed by atoms with Crippen molar-refractivity contribution in [2.75, 3.05) is 11.6 Å². The van der Waals surface area contributed by atoms with Crippen LogP contribution in [0, 0.1) is 5.82 Å². The van der Waals surface area contributed by atoms with Gasteiger partial charge < -0.3 is 10.1 Å². The molecule has 0 heterocycles. The Labute approximate surface area is 141 Å². The molecule has 2 aromatic rings. The monoisotopic (exact) mass is 349 g/mol. The van der Waals surface area contributed by atoms with E-state index >= 15 is 0 Å². The summed E-state index contributed by atoms with van der Waals surface area (Å²) in [5.74, 6) is -1.83. The van der Waals surface area contributed by atoms with Gasteiger partial charge in [0.25, 0.3) is 5.91 Å². The molecule has 0 saturated heterocycles. The smallest absolute Gasteiger partial charge is 0.340 e. The first-order valence-corrected chi connectivity index (χ1v) is 8.64. The lowest BCUT2D eigenvalue weighted by molar-refractivity contribution is -0.123. The van der Waals surface area contributed by atoms with Crippen LogP contribution in [0.1, 0.15) is 17.3 Å². The largest absolute Gasteiger partial charge is 0.449 e. The summed E-state index contributed by atoms with van der Waals surface area (Å²) in [6.45, 7) is 1.40. The van der Waals surface area contributed by atoms with Gasteiger partial charge in [0.2, 0.25) is 0 Å². The van der Waals surface area contributed by atoms with Crippen molar-refractivity contribution in [3.8, 4) is 0 Å². The molecule has 5 nitrogen and oxygen atoms in total. The maximum Gasteiger partial charge on any atom is 0.340 e. The van der Waals surface area contributed by atoms with E-state index in [0.717, 1.165) is 6.07 Å². The van der Waals surface area contributed by atoms with Crippen molar-refractivity contribution in [1.29, 1.82) is 0 Å². The lowest BCUT2D eigenvalue weighted by Gasteiger charge is -2.14. The van der Waals surface area contributed by atoms with Crippen molar-refractivity contribution in [2.24, 2.45) is 0 Å². The van der Waals surface area contributed by atoms with E-state index in [1.165, 1.54) is 37.4 Å². The molecule has 0 saturated carbocycles. The van der Waals surface area contributed by atoms with E-state index in [0.29, 0.717) is 4.90 Å². The number of amides is 1. The second-order valence-corrected chi connectivity index (χ2v) is 6.35. The highest BCUT2D eigenvalue weighted by Crippen LogP contribution is 2.15. The number of halogens is 1. The summed E-state index contributed by atoms with van der Waals surface area (Å²) in [7, 11) is -1.36. The molecule has 0 spiro atoms. The van der Waals surface area contributed by atoms with Crippen LogP contribution in [0.15, 0.2) is 53.4 Å². The molecule has 0 fully saturated rings. The maximum atomic E-state index is 13.1. The van der Waals surface area contributed by atoms with Gasteiger partial charge in [-0.2, -0.15) is 0 Å². The number of benzene rings is 2. The third-order valence-corrected chi connectivity index (χ3v) is 4.14.